The van der Waals surface area contributed by atoms with E-state index in [0.717, 1.165) is 17.7 Å². The molecule has 0 radical (unpaired) electrons. The molecule has 2 amide bonds. The number of nitrogens with one attached hydrogen (secondary N) is 1. The van der Waals surface area contributed by atoms with E-state index in [1.807, 2.05) is 84.0 Å². The lowest BCUT2D eigenvalue weighted by Crippen LogP contribution is -2.50. The molecule has 3 rings (SSSR count). The lowest BCUT2D eigenvalue weighted by molar-refractivity contribution is 0.167. The maximum Gasteiger partial charge on any atom is 0.318 e. The molecule has 0 aliphatic rings. The second-order valence-electron chi connectivity index (χ2n) is 9.02. The number of urea groups is 1. The fourth-order valence-corrected chi connectivity index (χ4v) is 3.69. The molecule has 6 heteroatoms. The van der Waals surface area contributed by atoms with Gasteiger partial charge in [-0.3, -0.25) is 9.36 Å². The lowest BCUT2D eigenvalue weighted by atomic mass is 10.1. The number of carbonyl (C=O) groups is 1. The Morgan fingerprint density at radius 2 is 1.87 bits per heavy atom. The van der Waals surface area contributed by atoms with Gasteiger partial charge in [-0.05, 0) is 70.9 Å². The molecule has 31 heavy (non-hydrogen) atoms. The fourth-order valence-electron chi connectivity index (χ4n) is 3.69. The van der Waals surface area contributed by atoms with Crippen LogP contribution in [-0.4, -0.2) is 32.6 Å². The number of carbonyl (C=O) groups excluding carboxylic acids is 1. The predicted octanol–water partition coefficient (Wildman–Crippen LogP) is 4.98. The Bertz CT molecular complexity index is 1140. The minimum absolute atomic E-state index is 0.134. The standard InChI is InChI=1S/C25H32N4O2/c1-7-15-28(24(31)27-25(4,5)6)18(3)22-26-21-14-9-8-13-20(21)23(30)29(22)19-12-10-11-17(2)16-19/h8-14,16,18H,7,15H2,1-6H3,(H,27,31). The number of amides is 2. The van der Waals surface area contributed by atoms with Crippen LogP contribution in [0.3, 0.4) is 0 Å². The van der Waals surface area contributed by atoms with Crippen LogP contribution in [0, 0.1) is 6.92 Å². The van der Waals surface area contributed by atoms with Crippen LogP contribution in [0.5, 0.6) is 0 Å². The Kier molecular flexibility index (Phi) is 6.48. The third-order valence-electron chi connectivity index (χ3n) is 5.11. The van der Waals surface area contributed by atoms with Gasteiger partial charge >= 0.3 is 6.03 Å². The summed E-state index contributed by atoms with van der Waals surface area (Å²) in [7, 11) is 0. The average Bonchev–Trinajstić information content (AvgIpc) is 2.70. The first-order valence-electron chi connectivity index (χ1n) is 10.8. The van der Waals surface area contributed by atoms with E-state index in [2.05, 4.69) is 5.32 Å². The summed E-state index contributed by atoms with van der Waals surface area (Å²) in [6.45, 7) is 12.4. The van der Waals surface area contributed by atoms with Crippen LogP contribution in [-0.2, 0) is 0 Å². The smallest absolute Gasteiger partial charge is 0.318 e. The minimum Gasteiger partial charge on any atom is -0.333 e. The summed E-state index contributed by atoms with van der Waals surface area (Å²) in [6, 6.07) is 14.6. The van der Waals surface area contributed by atoms with Crippen molar-refractivity contribution in [3.05, 3.63) is 70.3 Å². The first-order chi connectivity index (χ1) is 14.6. The maximum atomic E-state index is 13.5. The maximum absolute atomic E-state index is 13.5. The van der Waals surface area contributed by atoms with Gasteiger partial charge in [0.15, 0.2) is 0 Å². The largest absolute Gasteiger partial charge is 0.333 e. The van der Waals surface area contributed by atoms with Gasteiger partial charge in [-0.15, -0.1) is 0 Å². The highest BCUT2D eigenvalue weighted by Crippen LogP contribution is 2.24. The zero-order chi connectivity index (χ0) is 22.8. The van der Waals surface area contributed by atoms with Crippen molar-refractivity contribution in [2.24, 2.45) is 0 Å². The molecule has 1 heterocycles. The normalized spacial score (nSPS) is 12.6. The Labute approximate surface area is 183 Å². The molecule has 0 saturated heterocycles. The molecule has 0 fully saturated rings. The Hall–Kier alpha value is -3.15. The van der Waals surface area contributed by atoms with E-state index in [0.29, 0.717) is 23.3 Å². The number of rotatable bonds is 5. The molecule has 1 unspecified atom stereocenters. The zero-order valence-corrected chi connectivity index (χ0v) is 19.3. The number of hydrogen-bond acceptors (Lipinski definition) is 3. The third-order valence-corrected chi connectivity index (χ3v) is 5.11. The van der Waals surface area contributed by atoms with Crippen molar-refractivity contribution in [2.45, 2.75) is 59.5 Å². The van der Waals surface area contributed by atoms with Gasteiger partial charge in [0.05, 0.1) is 22.6 Å². The summed E-state index contributed by atoms with van der Waals surface area (Å²) < 4.78 is 1.65. The molecule has 1 atom stereocenters. The van der Waals surface area contributed by atoms with Crippen molar-refractivity contribution in [3.8, 4) is 5.69 Å². The van der Waals surface area contributed by atoms with Crippen molar-refractivity contribution >= 4 is 16.9 Å². The van der Waals surface area contributed by atoms with Crippen LogP contribution in [0.15, 0.2) is 53.3 Å². The summed E-state index contributed by atoms with van der Waals surface area (Å²) in [4.78, 5) is 33.3. The van der Waals surface area contributed by atoms with E-state index in [1.165, 1.54) is 0 Å². The second-order valence-corrected chi connectivity index (χ2v) is 9.02. The number of hydrogen-bond donors (Lipinski definition) is 1. The SMILES string of the molecule is CCCN(C(=O)NC(C)(C)C)C(C)c1nc2ccccc2c(=O)n1-c1cccc(C)c1. The minimum atomic E-state index is -0.403. The fraction of sp³-hybridized carbons (Fsp3) is 0.400. The van der Waals surface area contributed by atoms with Crippen LogP contribution in [0.25, 0.3) is 16.6 Å². The first kappa shape index (κ1) is 22.5. The molecule has 1 aromatic heterocycles. The van der Waals surface area contributed by atoms with Gasteiger partial charge in [-0.1, -0.05) is 31.2 Å². The molecule has 0 spiro atoms. The molecule has 6 nitrogen and oxygen atoms in total. The number of aryl methyl sites for hydroxylation is 1. The summed E-state index contributed by atoms with van der Waals surface area (Å²) in [6.07, 6.45) is 0.796. The average molecular weight is 421 g/mol. The monoisotopic (exact) mass is 420 g/mol. The Morgan fingerprint density at radius 3 is 2.52 bits per heavy atom. The van der Waals surface area contributed by atoms with Crippen LogP contribution < -0.4 is 10.9 Å². The zero-order valence-electron chi connectivity index (χ0n) is 19.3. The number of nitrogens with zero attached hydrogens (tertiary/aromatic N) is 3. The highest BCUT2D eigenvalue weighted by molar-refractivity contribution is 5.78. The van der Waals surface area contributed by atoms with E-state index < -0.39 is 6.04 Å². The highest BCUT2D eigenvalue weighted by atomic mass is 16.2. The summed E-state index contributed by atoms with van der Waals surface area (Å²) in [5.41, 5.74) is 1.93. The number of aromatic nitrogens is 2. The van der Waals surface area contributed by atoms with Crippen LogP contribution in [0.2, 0.25) is 0 Å². The third kappa shape index (κ3) is 4.95. The number of para-hydroxylation sites is 1. The molecule has 3 aromatic rings. The predicted molar refractivity (Wildman–Crippen MR) is 126 cm³/mol. The van der Waals surface area contributed by atoms with Crippen molar-refractivity contribution in [1.29, 1.82) is 0 Å². The molecule has 0 aliphatic heterocycles. The van der Waals surface area contributed by atoms with E-state index >= 15 is 0 Å². The summed E-state index contributed by atoms with van der Waals surface area (Å²) in [5.74, 6) is 0.548. The molecular formula is C25H32N4O2. The topological polar surface area (TPSA) is 67.2 Å². The van der Waals surface area contributed by atoms with Gasteiger partial charge in [0.25, 0.3) is 5.56 Å². The highest BCUT2D eigenvalue weighted by Gasteiger charge is 2.28. The molecule has 2 aromatic carbocycles. The Morgan fingerprint density at radius 1 is 1.16 bits per heavy atom. The molecule has 0 bridgehead atoms. The lowest BCUT2D eigenvalue weighted by Gasteiger charge is -2.33. The van der Waals surface area contributed by atoms with Crippen LogP contribution >= 0.6 is 0 Å². The molecule has 0 saturated carbocycles. The van der Waals surface area contributed by atoms with Crippen molar-refractivity contribution in [2.75, 3.05) is 6.54 Å². The van der Waals surface area contributed by atoms with Crippen molar-refractivity contribution < 1.29 is 4.79 Å². The van der Waals surface area contributed by atoms with Gasteiger partial charge in [0, 0.05) is 12.1 Å². The van der Waals surface area contributed by atoms with Crippen LogP contribution in [0.4, 0.5) is 4.79 Å². The van der Waals surface area contributed by atoms with E-state index in [-0.39, 0.29) is 17.1 Å². The second kappa shape index (κ2) is 8.92. The van der Waals surface area contributed by atoms with Gasteiger partial charge in [-0.2, -0.15) is 0 Å². The molecule has 0 aliphatic carbocycles. The van der Waals surface area contributed by atoms with Gasteiger partial charge in [0.1, 0.15) is 5.82 Å². The van der Waals surface area contributed by atoms with Gasteiger partial charge in [0.2, 0.25) is 0 Å². The summed E-state index contributed by atoms with van der Waals surface area (Å²) >= 11 is 0. The molecule has 164 valence electrons. The Balaban J connectivity index is 2.22. The molecular weight excluding hydrogens is 388 g/mol. The van der Waals surface area contributed by atoms with E-state index in [9.17, 15) is 9.59 Å². The first-order valence-corrected chi connectivity index (χ1v) is 10.8. The summed E-state index contributed by atoms with van der Waals surface area (Å²) in [5, 5.41) is 3.60. The van der Waals surface area contributed by atoms with E-state index in [1.54, 1.807) is 15.5 Å². The van der Waals surface area contributed by atoms with Crippen molar-refractivity contribution in [1.82, 2.24) is 19.8 Å². The van der Waals surface area contributed by atoms with Crippen molar-refractivity contribution in [3.63, 3.8) is 0 Å². The van der Waals surface area contributed by atoms with E-state index in [4.69, 9.17) is 4.98 Å². The molecule has 1 N–H and O–H groups in total. The number of fused-ring (bicyclic) bond motifs is 1. The van der Waals surface area contributed by atoms with Gasteiger partial charge < -0.3 is 10.2 Å². The quantitative estimate of drug-likeness (QED) is 0.633. The number of benzene rings is 2. The van der Waals surface area contributed by atoms with Crippen LogP contribution in [0.1, 0.15) is 58.5 Å². The van der Waals surface area contributed by atoms with Gasteiger partial charge in [-0.25, -0.2) is 9.78 Å².